The maximum atomic E-state index is 5.79. The average molecular weight is 277 g/mol. The van der Waals surface area contributed by atoms with Gasteiger partial charge in [0.1, 0.15) is 0 Å². The summed E-state index contributed by atoms with van der Waals surface area (Å²) < 4.78 is 5.79. The van der Waals surface area contributed by atoms with Crippen LogP contribution >= 0.6 is 0 Å². The Morgan fingerprint density at radius 3 is 2.85 bits per heavy atom. The third kappa shape index (κ3) is 2.40. The average Bonchev–Trinajstić information content (AvgIpc) is 2.97. The quantitative estimate of drug-likeness (QED) is 0.923. The van der Waals surface area contributed by atoms with Gasteiger partial charge < -0.3 is 4.74 Å². The molecule has 112 valence electrons. The molecule has 0 unspecified atom stereocenters. The smallest absolute Gasteiger partial charge is 0.0639 e. The van der Waals surface area contributed by atoms with Gasteiger partial charge in [0.15, 0.2) is 0 Å². The standard InChI is InChI=1S/C16H27N3O/c1-12-14(13(2)18-17-12)10-19-9-5-8-16(11-19)7-4-6-15(16)20-3/h15H,4-11H2,1-3H3,(H,17,18)/t15-,16+/m1/s1. The van der Waals surface area contributed by atoms with Crippen LogP contribution in [0.2, 0.25) is 0 Å². The molecule has 4 heteroatoms. The monoisotopic (exact) mass is 277 g/mol. The highest BCUT2D eigenvalue weighted by Crippen LogP contribution is 2.46. The molecule has 3 rings (SSSR count). The van der Waals surface area contributed by atoms with Crippen molar-refractivity contribution >= 4 is 0 Å². The van der Waals surface area contributed by atoms with Crippen molar-refractivity contribution in [3.8, 4) is 0 Å². The molecule has 1 spiro atoms. The van der Waals surface area contributed by atoms with Crippen LogP contribution in [0.15, 0.2) is 0 Å². The summed E-state index contributed by atoms with van der Waals surface area (Å²) in [6, 6.07) is 0. The highest BCUT2D eigenvalue weighted by molar-refractivity contribution is 5.23. The minimum atomic E-state index is 0.415. The number of methoxy groups -OCH3 is 1. The van der Waals surface area contributed by atoms with Crippen molar-refractivity contribution in [3.63, 3.8) is 0 Å². The first-order chi connectivity index (χ1) is 9.64. The minimum Gasteiger partial charge on any atom is -0.381 e. The van der Waals surface area contributed by atoms with Crippen molar-refractivity contribution in [2.24, 2.45) is 5.41 Å². The molecule has 1 aliphatic heterocycles. The van der Waals surface area contributed by atoms with Gasteiger partial charge in [-0.15, -0.1) is 0 Å². The zero-order valence-corrected chi connectivity index (χ0v) is 13.0. The molecule has 0 amide bonds. The summed E-state index contributed by atoms with van der Waals surface area (Å²) >= 11 is 0. The number of hydrogen-bond donors (Lipinski definition) is 1. The van der Waals surface area contributed by atoms with Crippen molar-refractivity contribution in [1.82, 2.24) is 15.1 Å². The number of aromatic nitrogens is 2. The van der Waals surface area contributed by atoms with Crippen LogP contribution in [0.25, 0.3) is 0 Å². The number of nitrogens with zero attached hydrogens (tertiary/aromatic N) is 2. The first kappa shape index (κ1) is 14.1. The van der Waals surface area contributed by atoms with Crippen LogP contribution in [-0.4, -0.2) is 41.4 Å². The van der Waals surface area contributed by atoms with Gasteiger partial charge in [0.05, 0.1) is 11.8 Å². The number of hydrogen-bond acceptors (Lipinski definition) is 3. The summed E-state index contributed by atoms with van der Waals surface area (Å²) in [6.07, 6.45) is 7.02. The fraction of sp³-hybridized carbons (Fsp3) is 0.812. The Bertz CT molecular complexity index is 451. The Labute approximate surface area is 121 Å². The molecule has 0 aromatic carbocycles. The molecule has 4 nitrogen and oxygen atoms in total. The maximum Gasteiger partial charge on any atom is 0.0639 e. The molecule has 2 aliphatic rings. The Kier molecular flexibility index (Phi) is 3.87. The summed E-state index contributed by atoms with van der Waals surface area (Å²) in [4.78, 5) is 2.62. The normalized spacial score (nSPS) is 31.2. The van der Waals surface area contributed by atoms with E-state index in [1.165, 1.54) is 56.5 Å². The van der Waals surface area contributed by atoms with E-state index in [0.717, 1.165) is 12.2 Å². The van der Waals surface area contributed by atoms with Gasteiger partial charge in [-0.25, -0.2) is 0 Å². The van der Waals surface area contributed by atoms with Crippen LogP contribution in [-0.2, 0) is 11.3 Å². The third-order valence-corrected chi connectivity index (χ3v) is 5.46. The van der Waals surface area contributed by atoms with Gasteiger partial charge in [-0.05, 0) is 46.1 Å². The van der Waals surface area contributed by atoms with Crippen molar-refractivity contribution in [1.29, 1.82) is 0 Å². The number of aromatic amines is 1. The van der Waals surface area contributed by atoms with E-state index in [9.17, 15) is 0 Å². The SMILES string of the molecule is CO[C@@H]1CCC[C@@]12CCCN(Cc1c(C)n[nH]c1C)C2. The highest BCUT2D eigenvalue weighted by atomic mass is 16.5. The fourth-order valence-electron chi connectivity index (χ4n) is 4.37. The third-order valence-electron chi connectivity index (χ3n) is 5.46. The minimum absolute atomic E-state index is 0.415. The highest BCUT2D eigenvalue weighted by Gasteiger charge is 2.45. The summed E-state index contributed by atoms with van der Waals surface area (Å²) in [6.45, 7) is 7.67. The first-order valence-corrected chi connectivity index (χ1v) is 7.90. The van der Waals surface area contributed by atoms with Crippen LogP contribution in [0.5, 0.6) is 0 Å². The van der Waals surface area contributed by atoms with Crippen LogP contribution in [0, 0.1) is 19.3 Å². The van der Waals surface area contributed by atoms with Gasteiger partial charge in [-0.2, -0.15) is 5.10 Å². The molecular weight excluding hydrogens is 250 g/mol. The molecule has 2 fully saturated rings. The molecule has 20 heavy (non-hydrogen) atoms. The molecule has 1 N–H and O–H groups in total. The molecule has 0 radical (unpaired) electrons. The second-order valence-electron chi connectivity index (χ2n) is 6.71. The molecule has 1 aliphatic carbocycles. The lowest BCUT2D eigenvalue weighted by atomic mass is 9.76. The Morgan fingerprint density at radius 1 is 1.35 bits per heavy atom. The lowest BCUT2D eigenvalue weighted by molar-refractivity contribution is -0.0367. The van der Waals surface area contributed by atoms with Crippen molar-refractivity contribution in [2.45, 2.75) is 58.6 Å². The number of likely N-dealkylation sites (tertiary alicyclic amines) is 1. The molecule has 1 saturated carbocycles. The van der Waals surface area contributed by atoms with E-state index in [-0.39, 0.29) is 0 Å². The second kappa shape index (κ2) is 5.49. The number of nitrogens with one attached hydrogen (secondary N) is 1. The van der Waals surface area contributed by atoms with Gasteiger partial charge in [0, 0.05) is 36.9 Å². The van der Waals surface area contributed by atoms with Gasteiger partial charge >= 0.3 is 0 Å². The predicted molar refractivity (Wildman–Crippen MR) is 79.7 cm³/mol. The topological polar surface area (TPSA) is 41.1 Å². The zero-order valence-electron chi connectivity index (χ0n) is 13.0. The van der Waals surface area contributed by atoms with Gasteiger partial charge in [-0.3, -0.25) is 10.00 Å². The number of piperidine rings is 1. The van der Waals surface area contributed by atoms with Crippen LogP contribution in [0.3, 0.4) is 0 Å². The van der Waals surface area contributed by atoms with E-state index in [1.54, 1.807) is 0 Å². The van der Waals surface area contributed by atoms with Crippen molar-refractivity contribution in [2.75, 3.05) is 20.2 Å². The zero-order chi connectivity index (χ0) is 14.2. The number of ether oxygens (including phenoxy) is 1. The largest absolute Gasteiger partial charge is 0.381 e. The lowest BCUT2D eigenvalue weighted by Crippen LogP contribution is -2.47. The van der Waals surface area contributed by atoms with E-state index in [1.807, 2.05) is 7.11 Å². The number of rotatable bonds is 3. The summed E-state index contributed by atoms with van der Waals surface area (Å²) in [5, 5.41) is 7.43. The predicted octanol–water partition coefficient (Wildman–Crippen LogP) is 2.81. The van der Waals surface area contributed by atoms with E-state index in [4.69, 9.17) is 4.74 Å². The number of H-pyrrole nitrogens is 1. The maximum absolute atomic E-state index is 5.79. The first-order valence-electron chi connectivity index (χ1n) is 7.90. The Hall–Kier alpha value is -0.870. The fourth-order valence-corrected chi connectivity index (χ4v) is 4.37. The van der Waals surface area contributed by atoms with Crippen LogP contribution in [0.4, 0.5) is 0 Å². The van der Waals surface area contributed by atoms with E-state index < -0.39 is 0 Å². The molecule has 1 saturated heterocycles. The molecule has 1 aromatic heterocycles. The van der Waals surface area contributed by atoms with Crippen LogP contribution in [0.1, 0.15) is 49.1 Å². The summed E-state index contributed by atoms with van der Waals surface area (Å²) in [5.74, 6) is 0. The molecule has 2 atom stereocenters. The molecule has 1 aromatic rings. The van der Waals surface area contributed by atoms with E-state index >= 15 is 0 Å². The van der Waals surface area contributed by atoms with Crippen molar-refractivity contribution in [3.05, 3.63) is 17.0 Å². The molecular formula is C16H27N3O. The van der Waals surface area contributed by atoms with Crippen LogP contribution < -0.4 is 0 Å². The van der Waals surface area contributed by atoms with E-state index in [0.29, 0.717) is 11.5 Å². The van der Waals surface area contributed by atoms with Gasteiger partial charge in [0.25, 0.3) is 0 Å². The summed E-state index contributed by atoms with van der Waals surface area (Å²) in [5.41, 5.74) is 4.17. The molecule has 2 heterocycles. The Morgan fingerprint density at radius 2 is 2.15 bits per heavy atom. The van der Waals surface area contributed by atoms with Crippen molar-refractivity contribution < 1.29 is 4.74 Å². The second-order valence-corrected chi connectivity index (χ2v) is 6.71. The lowest BCUT2D eigenvalue weighted by Gasteiger charge is -2.43. The van der Waals surface area contributed by atoms with Gasteiger partial charge in [0.2, 0.25) is 0 Å². The van der Waals surface area contributed by atoms with Gasteiger partial charge in [-0.1, -0.05) is 6.42 Å². The Balaban J connectivity index is 1.72. The number of aryl methyl sites for hydroxylation is 2. The molecule has 0 bridgehead atoms. The van der Waals surface area contributed by atoms with E-state index in [2.05, 4.69) is 28.9 Å². The summed E-state index contributed by atoms with van der Waals surface area (Å²) in [7, 11) is 1.89.